The molecule has 0 saturated carbocycles. The number of rotatable bonds is 4. The van der Waals surface area contributed by atoms with Crippen molar-refractivity contribution in [1.29, 1.82) is 5.26 Å². The van der Waals surface area contributed by atoms with E-state index in [0.29, 0.717) is 22.7 Å². The Kier molecular flexibility index (Phi) is 4.16. The van der Waals surface area contributed by atoms with Crippen molar-refractivity contribution >= 4 is 17.2 Å². The molecule has 2 rings (SSSR count). The van der Waals surface area contributed by atoms with E-state index >= 15 is 0 Å². The third kappa shape index (κ3) is 3.33. The normalized spacial score (nSPS) is 9.68. The highest BCUT2D eigenvalue weighted by Gasteiger charge is 2.09. The van der Waals surface area contributed by atoms with E-state index in [1.54, 1.807) is 36.8 Å². The van der Waals surface area contributed by atoms with Crippen molar-refractivity contribution in [1.82, 2.24) is 5.32 Å². The molecule has 2 aromatic rings. The average Bonchev–Trinajstić information content (AvgIpc) is 2.94. The van der Waals surface area contributed by atoms with Crippen molar-refractivity contribution in [2.75, 3.05) is 7.11 Å². The highest BCUT2D eigenvalue weighted by molar-refractivity contribution is 7.12. The van der Waals surface area contributed by atoms with Crippen LogP contribution in [0.15, 0.2) is 35.7 Å². The number of amides is 1. The maximum atomic E-state index is 11.9. The zero-order valence-electron chi connectivity index (χ0n) is 10.3. The van der Waals surface area contributed by atoms with E-state index in [0.717, 1.165) is 5.56 Å². The lowest BCUT2D eigenvalue weighted by Crippen LogP contribution is -2.21. The van der Waals surface area contributed by atoms with E-state index in [1.807, 2.05) is 6.07 Å². The molecule has 1 amide bonds. The van der Waals surface area contributed by atoms with Gasteiger partial charge in [-0.05, 0) is 17.7 Å². The Labute approximate surface area is 115 Å². The highest BCUT2D eigenvalue weighted by atomic mass is 32.1. The second-order valence-corrected chi connectivity index (χ2v) is 4.76. The first-order valence-corrected chi connectivity index (χ1v) is 6.50. The molecule has 0 aliphatic rings. The Bertz CT molecular complexity index is 628. The number of ether oxygens (including phenoxy) is 1. The lowest BCUT2D eigenvalue weighted by atomic mass is 10.1. The quantitative estimate of drug-likeness (QED) is 0.930. The van der Waals surface area contributed by atoms with Crippen molar-refractivity contribution in [3.63, 3.8) is 0 Å². The predicted molar refractivity (Wildman–Crippen MR) is 73.2 cm³/mol. The summed E-state index contributed by atoms with van der Waals surface area (Å²) in [5.74, 6) is 0.539. The molecule has 0 spiro atoms. The molecule has 0 radical (unpaired) electrons. The fourth-order valence-corrected chi connectivity index (χ4v) is 2.34. The molecular formula is C14H12N2O2S. The van der Waals surface area contributed by atoms with Gasteiger partial charge in [-0.1, -0.05) is 12.1 Å². The summed E-state index contributed by atoms with van der Waals surface area (Å²) in [6.07, 6.45) is 0. The second-order valence-electron chi connectivity index (χ2n) is 3.85. The fourth-order valence-electron chi connectivity index (χ4n) is 1.57. The smallest absolute Gasteiger partial charge is 0.261 e. The number of hydrogen-bond donors (Lipinski definition) is 1. The summed E-state index contributed by atoms with van der Waals surface area (Å²) < 4.78 is 5.03. The molecule has 5 heteroatoms. The van der Waals surface area contributed by atoms with Crippen LogP contribution in [0.4, 0.5) is 0 Å². The Morgan fingerprint density at radius 3 is 3.00 bits per heavy atom. The van der Waals surface area contributed by atoms with Gasteiger partial charge in [0.1, 0.15) is 5.75 Å². The first-order valence-electron chi connectivity index (χ1n) is 5.62. The maximum absolute atomic E-state index is 11.9. The number of carbonyl (C=O) groups excluding carboxylic acids is 1. The largest absolute Gasteiger partial charge is 0.496 e. The summed E-state index contributed by atoms with van der Waals surface area (Å²) in [6.45, 7) is 0.397. The topological polar surface area (TPSA) is 62.1 Å². The van der Waals surface area contributed by atoms with Gasteiger partial charge in [0.2, 0.25) is 0 Å². The zero-order chi connectivity index (χ0) is 13.7. The molecule has 0 unspecified atom stereocenters. The van der Waals surface area contributed by atoms with Crippen LogP contribution in [0.25, 0.3) is 0 Å². The number of nitrogens with zero attached hydrogens (tertiary/aromatic N) is 1. The maximum Gasteiger partial charge on any atom is 0.261 e. The van der Waals surface area contributed by atoms with Crippen LogP contribution >= 0.6 is 11.3 Å². The average molecular weight is 272 g/mol. The standard InChI is InChI=1S/C14H12N2O2S/c1-18-12-6-13(19-9-12)14(17)16-8-11-4-2-3-10(5-11)7-15/h2-6,9H,8H2,1H3,(H,16,17). The van der Waals surface area contributed by atoms with Gasteiger partial charge >= 0.3 is 0 Å². The zero-order valence-corrected chi connectivity index (χ0v) is 11.2. The molecule has 19 heavy (non-hydrogen) atoms. The monoisotopic (exact) mass is 272 g/mol. The van der Waals surface area contributed by atoms with Gasteiger partial charge in [-0.25, -0.2) is 0 Å². The molecular weight excluding hydrogens is 260 g/mol. The van der Waals surface area contributed by atoms with Crippen LogP contribution in [-0.2, 0) is 6.54 Å². The molecule has 96 valence electrons. The minimum absolute atomic E-state index is 0.143. The summed E-state index contributed by atoms with van der Waals surface area (Å²) in [6, 6.07) is 10.9. The van der Waals surface area contributed by atoms with Crippen molar-refractivity contribution in [2.24, 2.45) is 0 Å². The summed E-state index contributed by atoms with van der Waals surface area (Å²) >= 11 is 1.34. The van der Waals surface area contributed by atoms with E-state index in [9.17, 15) is 4.79 Å². The van der Waals surface area contributed by atoms with E-state index in [-0.39, 0.29) is 5.91 Å². The van der Waals surface area contributed by atoms with Crippen LogP contribution in [0, 0.1) is 11.3 Å². The van der Waals surface area contributed by atoms with E-state index in [1.165, 1.54) is 11.3 Å². The Morgan fingerprint density at radius 1 is 1.47 bits per heavy atom. The lowest BCUT2D eigenvalue weighted by molar-refractivity contribution is 0.0954. The molecule has 0 bridgehead atoms. The number of benzene rings is 1. The number of nitrogens with one attached hydrogen (secondary N) is 1. The number of methoxy groups -OCH3 is 1. The second kappa shape index (κ2) is 6.03. The number of hydrogen-bond acceptors (Lipinski definition) is 4. The molecule has 1 N–H and O–H groups in total. The number of carbonyl (C=O) groups is 1. The molecule has 0 saturated heterocycles. The van der Waals surface area contributed by atoms with Gasteiger partial charge in [-0.15, -0.1) is 11.3 Å². The fraction of sp³-hybridized carbons (Fsp3) is 0.143. The van der Waals surface area contributed by atoms with Crippen molar-refractivity contribution in [2.45, 2.75) is 6.54 Å². The van der Waals surface area contributed by atoms with Gasteiger partial charge in [0, 0.05) is 18.0 Å². The SMILES string of the molecule is COc1csc(C(=O)NCc2cccc(C#N)c2)c1. The first kappa shape index (κ1) is 13.1. The van der Waals surface area contributed by atoms with Crippen LogP contribution in [0.1, 0.15) is 20.8 Å². The van der Waals surface area contributed by atoms with Gasteiger partial charge in [0.25, 0.3) is 5.91 Å². The van der Waals surface area contributed by atoms with Crippen LogP contribution in [0.2, 0.25) is 0 Å². The lowest BCUT2D eigenvalue weighted by Gasteiger charge is -2.03. The molecule has 0 atom stereocenters. The Morgan fingerprint density at radius 2 is 2.32 bits per heavy atom. The van der Waals surface area contributed by atoms with Crippen LogP contribution in [-0.4, -0.2) is 13.0 Å². The van der Waals surface area contributed by atoms with Crippen LogP contribution < -0.4 is 10.1 Å². The number of thiophene rings is 1. The van der Waals surface area contributed by atoms with Gasteiger partial charge in [-0.3, -0.25) is 4.79 Å². The van der Waals surface area contributed by atoms with Crippen LogP contribution in [0.5, 0.6) is 5.75 Å². The molecule has 0 aliphatic heterocycles. The van der Waals surface area contributed by atoms with Gasteiger partial charge in [-0.2, -0.15) is 5.26 Å². The van der Waals surface area contributed by atoms with E-state index < -0.39 is 0 Å². The third-order valence-electron chi connectivity index (χ3n) is 2.54. The summed E-state index contributed by atoms with van der Waals surface area (Å²) in [5, 5.41) is 13.4. The Balaban J connectivity index is 1.98. The van der Waals surface area contributed by atoms with E-state index in [4.69, 9.17) is 10.00 Å². The van der Waals surface area contributed by atoms with E-state index in [2.05, 4.69) is 11.4 Å². The first-order chi connectivity index (χ1) is 9.22. The molecule has 0 aliphatic carbocycles. The number of nitriles is 1. The minimum Gasteiger partial charge on any atom is -0.496 e. The summed E-state index contributed by atoms with van der Waals surface area (Å²) in [5.41, 5.74) is 1.49. The third-order valence-corrected chi connectivity index (χ3v) is 3.45. The summed E-state index contributed by atoms with van der Waals surface area (Å²) in [4.78, 5) is 12.5. The van der Waals surface area contributed by atoms with Crippen molar-refractivity contribution in [3.8, 4) is 11.8 Å². The molecule has 0 fully saturated rings. The van der Waals surface area contributed by atoms with Crippen molar-refractivity contribution < 1.29 is 9.53 Å². The van der Waals surface area contributed by atoms with Crippen LogP contribution in [0.3, 0.4) is 0 Å². The van der Waals surface area contributed by atoms with Gasteiger partial charge in [0.05, 0.1) is 23.6 Å². The van der Waals surface area contributed by atoms with Crippen molar-refractivity contribution in [3.05, 3.63) is 51.7 Å². The molecule has 4 nitrogen and oxygen atoms in total. The molecule has 1 aromatic carbocycles. The predicted octanol–water partition coefficient (Wildman–Crippen LogP) is 2.56. The van der Waals surface area contributed by atoms with Gasteiger partial charge in [0.15, 0.2) is 0 Å². The van der Waals surface area contributed by atoms with Gasteiger partial charge < -0.3 is 10.1 Å². The highest BCUT2D eigenvalue weighted by Crippen LogP contribution is 2.20. The molecule has 1 heterocycles. The summed E-state index contributed by atoms with van der Waals surface area (Å²) in [7, 11) is 1.57. The Hall–Kier alpha value is -2.32. The minimum atomic E-state index is -0.143. The molecule has 1 aromatic heterocycles.